The Balaban J connectivity index is 3.99. The van der Waals surface area contributed by atoms with Crippen LogP contribution < -0.4 is 5.32 Å². The highest BCUT2D eigenvalue weighted by Gasteiger charge is 2.17. The Morgan fingerprint density at radius 2 is 1.87 bits per heavy atom. The predicted octanol–water partition coefficient (Wildman–Crippen LogP) is 3.32. The summed E-state index contributed by atoms with van der Waals surface area (Å²) in [6.45, 7) is 14.0. The van der Waals surface area contributed by atoms with Gasteiger partial charge in [0.15, 0.2) is 0 Å². The molecule has 6 nitrogen and oxygen atoms in total. The minimum Gasteiger partial charge on any atom is -0.465 e. The molecule has 0 bridgehead atoms. The number of allylic oxidation sites excluding steroid dienone is 4. The van der Waals surface area contributed by atoms with E-state index in [9.17, 15) is 4.79 Å². The van der Waals surface area contributed by atoms with Gasteiger partial charge in [0, 0.05) is 25.0 Å². The molecule has 1 atom stereocenters. The van der Waals surface area contributed by atoms with E-state index in [1.54, 1.807) is 0 Å². The molecule has 0 saturated heterocycles. The number of aliphatic hydroxyl groups is 2. The maximum atomic E-state index is 12.0. The van der Waals surface area contributed by atoms with Gasteiger partial charge in [0.2, 0.25) is 0 Å². The smallest absolute Gasteiger partial charge is 0.307 e. The third-order valence-corrected chi connectivity index (χ3v) is 5.05. The highest BCUT2D eigenvalue weighted by atomic mass is 16.5. The molecule has 6 heteroatoms. The molecule has 0 fully saturated rings. The second kappa shape index (κ2) is 19.2. The highest BCUT2D eigenvalue weighted by molar-refractivity contribution is 5.69. The standard InChI is InChI=1S/C25H46N2O4/c1-5-7-8-11-23(6-2)12-9-14-25(3,4)22-31-24(30)13-16-26-15-10-17-27(18-20-28)19-21-29/h5-7,9,14,23,26,28-29H,2,8,10-13,15-22H2,1,3-4H3/b7-5+,14-9-. The molecular formula is C25H46N2O4. The Morgan fingerprint density at radius 1 is 1.16 bits per heavy atom. The van der Waals surface area contributed by atoms with Crippen LogP contribution in [0.25, 0.3) is 0 Å². The molecule has 3 N–H and O–H groups in total. The number of hydrogen-bond acceptors (Lipinski definition) is 6. The summed E-state index contributed by atoms with van der Waals surface area (Å²) in [6.07, 6.45) is 15.0. The molecule has 0 saturated carbocycles. The zero-order chi connectivity index (χ0) is 23.4. The van der Waals surface area contributed by atoms with Crippen molar-refractivity contribution < 1.29 is 19.7 Å². The first-order valence-electron chi connectivity index (χ1n) is 11.6. The van der Waals surface area contributed by atoms with E-state index < -0.39 is 0 Å². The van der Waals surface area contributed by atoms with Crippen molar-refractivity contribution in [2.75, 3.05) is 52.5 Å². The fourth-order valence-corrected chi connectivity index (χ4v) is 3.12. The van der Waals surface area contributed by atoms with Gasteiger partial charge < -0.3 is 20.3 Å². The van der Waals surface area contributed by atoms with E-state index in [0.29, 0.717) is 38.6 Å². The van der Waals surface area contributed by atoms with Crippen LogP contribution in [0.2, 0.25) is 0 Å². The van der Waals surface area contributed by atoms with Crippen molar-refractivity contribution in [3.05, 3.63) is 37.0 Å². The van der Waals surface area contributed by atoms with Crippen LogP contribution in [0.15, 0.2) is 37.0 Å². The van der Waals surface area contributed by atoms with Gasteiger partial charge in [-0.25, -0.2) is 0 Å². The first-order valence-corrected chi connectivity index (χ1v) is 11.6. The van der Waals surface area contributed by atoms with Crippen LogP contribution in [0.4, 0.5) is 0 Å². The Morgan fingerprint density at radius 3 is 2.48 bits per heavy atom. The summed E-state index contributed by atoms with van der Waals surface area (Å²) in [5, 5.41) is 21.2. The number of aliphatic hydroxyl groups excluding tert-OH is 2. The average molecular weight is 439 g/mol. The number of rotatable bonds is 20. The van der Waals surface area contributed by atoms with Crippen molar-refractivity contribution in [2.45, 2.75) is 52.9 Å². The maximum absolute atomic E-state index is 12.0. The van der Waals surface area contributed by atoms with Gasteiger partial charge in [0.25, 0.3) is 0 Å². The van der Waals surface area contributed by atoms with E-state index in [2.05, 4.69) is 50.0 Å². The Labute approximate surface area is 190 Å². The lowest BCUT2D eigenvalue weighted by molar-refractivity contribution is -0.145. The number of nitrogens with zero attached hydrogens (tertiary/aromatic N) is 1. The van der Waals surface area contributed by atoms with E-state index >= 15 is 0 Å². The summed E-state index contributed by atoms with van der Waals surface area (Å²) in [5.74, 6) is 0.280. The molecule has 0 aromatic rings. The molecule has 0 aliphatic carbocycles. The molecule has 1 unspecified atom stereocenters. The van der Waals surface area contributed by atoms with Crippen molar-refractivity contribution in [1.82, 2.24) is 10.2 Å². The van der Waals surface area contributed by atoms with Crippen molar-refractivity contribution in [3.8, 4) is 0 Å². The number of carbonyl (C=O) groups excluding carboxylic acids is 1. The fraction of sp³-hybridized carbons (Fsp3) is 0.720. The zero-order valence-electron chi connectivity index (χ0n) is 20.0. The number of carbonyl (C=O) groups is 1. The van der Waals surface area contributed by atoms with Crippen LogP contribution in [-0.4, -0.2) is 73.6 Å². The van der Waals surface area contributed by atoms with Gasteiger partial charge >= 0.3 is 5.97 Å². The van der Waals surface area contributed by atoms with Crippen LogP contribution in [0.1, 0.15) is 52.9 Å². The number of nitrogens with one attached hydrogen (secondary N) is 1. The Kier molecular flexibility index (Phi) is 18.3. The van der Waals surface area contributed by atoms with Crippen LogP contribution >= 0.6 is 0 Å². The second-order valence-electron chi connectivity index (χ2n) is 8.57. The molecule has 0 aromatic heterocycles. The van der Waals surface area contributed by atoms with Gasteiger partial charge in [-0.3, -0.25) is 9.69 Å². The zero-order valence-corrected chi connectivity index (χ0v) is 20.0. The van der Waals surface area contributed by atoms with Crippen LogP contribution in [0.3, 0.4) is 0 Å². The number of ether oxygens (including phenoxy) is 1. The third kappa shape index (κ3) is 17.9. The summed E-state index contributed by atoms with van der Waals surface area (Å²) in [7, 11) is 0. The predicted molar refractivity (Wildman–Crippen MR) is 129 cm³/mol. The first-order chi connectivity index (χ1) is 14.9. The topological polar surface area (TPSA) is 82.0 Å². The molecule has 0 aromatic carbocycles. The molecule has 180 valence electrons. The van der Waals surface area contributed by atoms with Crippen LogP contribution in [0.5, 0.6) is 0 Å². The first kappa shape index (κ1) is 29.5. The van der Waals surface area contributed by atoms with Crippen molar-refractivity contribution in [2.24, 2.45) is 11.3 Å². The monoisotopic (exact) mass is 438 g/mol. The van der Waals surface area contributed by atoms with Gasteiger partial charge in [-0.1, -0.05) is 44.2 Å². The van der Waals surface area contributed by atoms with Gasteiger partial charge in [0.05, 0.1) is 26.2 Å². The SMILES string of the molecule is C=CC(C/C=C\C(C)(C)COC(=O)CCNCCCN(CCO)CCO)CC/C=C/C. The molecule has 0 aliphatic rings. The van der Waals surface area contributed by atoms with Gasteiger partial charge in [0.1, 0.15) is 0 Å². The Hall–Kier alpha value is -1.47. The average Bonchev–Trinajstić information content (AvgIpc) is 2.74. The second-order valence-corrected chi connectivity index (χ2v) is 8.57. The molecule has 0 rings (SSSR count). The van der Waals surface area contributed by atoms with E-state index in [1.165, 1.54) is 0 Å². The molecular weight excluding hydrogens is 392 g/mol. The van der Waals surface area contributed by atoms with E-state index in [1.807, 2.05) is 17.9 Å². The summed E-state index contributed by atoms with van der Waals surface area (Å²) < 4.78 is 5.46. The van der Waals surface area contributed by atoms with Gasteiger partial charge in [-0.2, -0.15) is 0 Å². The van der Waals surface area contributed by atoms with Crippen molar-refractivity contribution in [3.63, 3.8) is 0 Å². The van der Waals surface area contributed by atoms with Crippen molar-refractivity contribution in [1.29, 1.82) is 0 Å². The summed E-state index contributed by atoms with van der Waals surface area (Å²) >= 11 is 0. The number of hydrogen-bond donors (Lipinski definition) is 3. The lowest BCUT2D eigenvalue weighted by Crippen LogP contribution is -2.32. The molecule has 0 aliphatic heterocycles. The maximum Gasteiger partial charge on any atom is 0.307 e. The van der Waals surface area contributed by atoms with Crippen LogP contribution in [-0.2, 0) is 9.53 Å². The molecule has 0 amide bonds. The van der Waals surface area contributed by atoms with Gasteiger partial charge in [-0.15, -0.1) is 6.58 Å². The Bertz CT molecular complexity index is 512. The molecule has 31 heavy (non-hydrogen) atoms. The fourth-order valence-electron chi connectivity index (χ4n) is 3.12. The summed E-state index contributed by atoms with van der Waals surface area (Å²) in [4.78, 5) is 14.0. The molecule has 0 radical (unpaired) electrons. The normalized spacial score (nSPS) is 13.4. The summed E-state index contributed by atoms with van der Waals surface area (Å²) in [5.41, 5.74) is -0.193. The van der Waals surface area contributed by atoms with E-state index in [4.69, 9.17) is 14.9 Å². The summed E-state index contributed by atoms with van der Waals surface area (Å²) in [6, 6.07) is 0. The van der Waals surface area contributed by atoms with Gasteiger partial charge in [-0.05, 0) is 51.6 Å². The largest absolute Gasteiger partial charge is 0.465 e. The third-order valence-electron chi connectivity index (χ3n) is 5.05. The van der Waals surface area contributed by atoms with E-state index in [0.717, 1.165) is 38.8 Å². The molecule has 0 spiro atoms. The molecule has 0 heterocycles. The number of esters is 1. The lowest BCUT2D eigenvalue weighted by Gasteiger charge is -2.21. The lowest BCUT2D eigenvalue weighted by atomic mass is 9.92. The van der Waals surface area contributed by atoms with Crippen LogP contribution in [0, 0.1) is 11.3 Å². The quantitative estimate of drug-likeness (QED) is 0.154. The van der Waals surface area contributed by atoms with Crippen molar-refractivity contribution >= 4 is 5.97 Å². The minimum atomic E-state index is -0.193. The van der Waals surface area contributed by atoms with E-state index in [-0.39, 0.29) is 24.6 Å². The highest BCUT2D eigenvalue weighted by Crippen LogP contribution is 2.20. The minimum absolute atomic E-state index is 0.0935.